The Hall–Kier alpha value is -0.410. The van der Waals surface area contributed by atoms with E-state index >= 15 is 0 Å². The minimum Gasteiger partial charge on any atom is -0.310 e. The van der Waals surface area contributed by atoms with Gasteiger partial charge in [0, 0.05) is 13.1 Å². The average Bonchev–Trinajstić information content (AvgIpc) is 2.53. The molecule has 1 heterocycles. The van der Waals surface area contributed by atoms with Crippen LogP contribution in [0, 0.1) is 11.3 Å². The average molecular weight is 198 g/mol. The molecule has 0 amide bonds. The molecule has 0 aromatic rings. The first-order valence-electron chi connectivity index (χ1n) is 5.39. The highest BCUT2D eigenvalue weighted by atomic mass is 16.1. The predicted octanol–water partition coefficient (Wildman–Crippen LogP) is 0.753. The van der Waals surface area contributed by atoms with Gasteiger partial charge in [0.15, 0.2) is 0 Å². The minimum atomic E-state index is 0.299. The normalized spacial score (nSPS) is 24.1. The molecule has 1 unspecified atom stereocenters. The van der Waals surface area contributed by atoms with Crippen molar-refractivity contribution in [2.45, 2.75) is 20.3 Å². The number of carbonyl (C=O) groups is 1. The van der Waals surface area contributed by atoms with E-state index in [9.17, 15) is 4.79 Å². The molecule has 0 bridgehead atoms. The predicted molar refractivity (Wildman–Crippen MR) is 58.3 cm³/mol. The topological polar surface area (TPSA) is 32.3 Å². The molecule has 1 aliphatic heterocycles. The molecular weight excluding hydrogens is 176 g/mol. The molecule has 0 aliphatic carbocycles. The molecule has 1 rings (SSSR count). The summed E-state index contributed by atoms with van der Waals surface area (Å²) in [4.78, 5) is 12.6. The summed E-state index contributed by atoms with van der Waals surface area (Å²) in [6.45, 7) is 8.39. The number of hydrogen-bond donors (Lipinski definition) is 1. The Labute approximate surface area is 86.9 Å². The van der Waals surface area contributed by atoms with Gasteiger partial charge in [-0.1, -0.05) is 13.8 Å². The van der Waals surface area contributed by atoms with Crippen LogP contribution in [0.3, 0.4) is 0 Å². The monoisotopic (exact) mass is 198 g/mol. The number of aldehydes is 1. The molecule has 1 N–H and O–H groups in total. The zero-order valence-corrected chi connectivity index (χ0v) is 9.55. The standard InChI is InChI=1S/C11H22N2O/c1-11(2,9-12-5-7-14)10-4-6-13(3)8-10/h7,10,12H,4-6,8-9H2,1-3H3. The van der Waals surface area contributed by atoms with Gasteiger partial charge < -0.3 is 15.0 Å². The molecule has 3 heteroatoms. The van der Waals surface area contributed by atoms with Gasteiger partial charge in [0.1, 0.15) is 6.29 Å². The van der Waals surface area contributed by atoms with Crippen molar-refractivity contribution in [3.63, 3.8) is 0 Å². The first-order chi connectivity index (χ1) is 6.56. The van der Waals surface area contributed by atoms with Crippen LogP contribution in [-0.4, -0.2) is 44.4 Å². The fraction of sp³-hybridized carbons (Fsp3) is 0.909. The smallest absolute Gasteiger partial charge is 0.133 e. The van der Waals surface area contributed by atoms with Gasteiger partial charge in [-0.05, 0) is 31.3 Å². The molecule has 0 spiro atoms. The third-order valence-corrected chi connectivity index (χ3v) is 3.30. The second-order valence-electron chi connectivity index (χ2n) is 5.03. The van der Waals surface area contributed by atoms with Crippen LogP contribution in [0.2, 0.25) is 0 Å². The first-order valence-corrected chi connectivity index (χ1v) is 5.39. The maximum Gasteiger partial charge on any atom is 0.133 e. The highest BCUT2D eigenvalue weighted by Gasteiger charge is 2.33. The van der Waals surface area contributed by atoms with Crippen LogP contribution >= 0.6 is 0 Å². The number of likely N-dealkylation sites (tertiary alicyclic amines) is 1. The van der Waals surface area contributed by atoms with E-state index < -0.39 is 0 Å². The van der Waals surface area contributed by atoms with E-state index in [0.717, 1.165) is 18.7 Å². The summed E-state index contributed by atoms with van der Waals surface area (Å²) in [6.07, 6.45) is 2.21. The third-order valence-electron chi connectivity index (χ3n) is 3.30. The second-order valence-corrected chi connectivity index (χ2v) is 5.03. The van der Waals surface area contributed by atoms with Crippen LogP contribution in [0.4, 0.5) is 0 Å². The zero-order valence-electron chi connectivity index (χ0n) is 9.55. The highest BCUT2D eigenvalue weighted by Crippen LogP contribution is 2.32. The van der Waals surface area contributed by atoms with Crippen molar-refractivity contribution in [2.75, 3.05) is 33.2 Å². The maximum atomic E-state index is 10.2. The van der Waals surface area contributed by atoms with Crippen LogP contribution in [0.5, 0.6) is 0 Å². The number of carbonyl (C=O) groups excluding carboxylic acids is 1. The SMILES string of the molecule is CN1CCC(C(C)(C)CNCC=O)C1. The van der Waals surface area contributed by atoms with Crippen LogP contribution in [0.15, 0.2) is 0 Å². The molecule has 14 heavy (non-hydrogen) atoms. The third kappa shape index (κ3) is 3.07. The lowest BCUT2D eigenvalue weighted by Crippen LogP contribution is -2.37. The fourth-order valence-electron chi connectivity index (χ4n) is 2.17. The van der Waals surface area contributed by atoms with Crippen molar-refractivity contribution in [1.82, 2.24) is 10.2 Å². The Morgan fingerprint density at radius 3 is 2.79 bits per heavy atom. The van der Waals surface area contributed by atoms with Gasteiger partial charge in [-0.3, -0.25) is 0 Å². The Kier molecular flexibility index (Phi) is 4.08. The van der Waals surface area contributed by atoms with Gasteiger partial charge in [-0.15, -0.1) is 0 Å². The number of hydrogen-bond acceptors (Lipinski definition) is 3. The van der Waals surface area contributed by atoms with Gasteiger partial charge in [0.05, 0.1) is 6.54 Å². The first kappa shape index (κ1) is 11.7. The van der Waals surface area contributed by atoms with E-state index in [0.29, 0.717) is 12.0 Å². The number of nitrogens with one attached hydrogen (secondary N) is 1. The molecule has 82 valence electrons. The van der Waals surface area contributed by atoms with Gasteiger partial charge in [0.25, 0.3) is 0 Å². The van der Waals surface area contributed by atoms with E-state index in [1.807, 2.05) is 0 Å². The minimum absolute atomic E-state index is 0.299. The van der Waals surface area contributed by atoms with Crippen LogP contribution in [0.1, 0.15) is 20.3 Å². The lowest BCUT2D eigenvalue weighted by atomic mass is 9.78. The molecule has 1 aliphatic rings. The molecule has 1 saturated heterocycles. The van der Waals surface area contributed by atoms with Crippen LogP contribution in [-0.2, 0) is 4.79 Å². The lowest BCUT2D eigenvalue weighted by Gasteiger charge is -2.31. The van der Waals surface area contributed by atoms with Crippen molar-refractivity contribution in [1.29, 1.82) is 0 Å². The molecular formula is C11H22N2O. The highest BCUT2D eigenvalue weighted by molar-refractivity contribution is 5.51. The summed E-state index contributed by atoms with van der Waals surface area (Å²) in [7, 11) is 2.18. The van der Waals surface area contributed by atoms with Gasteiger partial charge in [-0.2, -0.15) is 0 Å². The summed E-state index contributed by atoms with van der Waals surface area (Å²) in [6, 6.07) is 0. The molecule has 0 aromatic carbocycles. The molecule has 1 atom stereocenters. The van der Waals surface area contributed by atoms with E-state index in [-0.39, 0.29) is 0 Å². The Bertz CT molecular complexity index is 192. The Morgan fingerprint density at radius 2 is 2.29 bits per heavy atom. The van der Waals surface area contributed by atoms with Crippen LogP contribution in [0.25, 0.3) is 0 Å². The number of nitrogens with zero attached hydrogens (tertiary/aromatic N) is 1. The van der Waals surface area contributed by atoms with Crippen molar-refractivity contribution in [3.8, 4) is 0 Å². The zero-order chi connectivity index (χ0) is 10.6. The molecule has 0 saturated carbocycles. The quantitative estimate of drug-likeness (QED) is 0.523. The molecule has 0 aromatic heterocycles. The summed E-state index contributed by atoms with van der Waals surface area (Å²) < 4.78 is 0. The van der Waals surface area contributed by atoms with Crippen molar-refractivity contribution in [2.24, 2.45) is 11.3 Å². The van der Waals surface area contributed by atoms with Crippen molar-refractivity contribution < 1.29 is 4.79 Å². The summed E-state index contributed by atoms with van der Waals surface area (Å²) in [5.41, 5.74) is 0.299. The lowest BCUT2D eigenvalue weighted by molar-refractivity contribution is -0.107. The van der Waals surface area contributed by atoms with Gasteiger partial charge >= 0.3 is 0 Å². The summed E-state index contributed by atoms with van der Waals surface area (Å²) in [5.74, 6) is 0.756. The largest absolute Gasteiger partial charge is 0.310 e. The van der Waals surface area contributed by atoms with Crippen molar-refractivity contribution >= 4 is 6.29 Å². The fourth-order valence-corrected chi connectivity index (χ4v) is 2.17. The summed E-state index contributed by atoms with van der Waals surface area (Å²) in [5, 5.41) is 3.18. The van der Waals surface area contributed by atoms with Gasteiger partial charge in [0.2, 0.25) is 0 Å². The van der Waals surface area contributed by atoms with E-state index in [4.69, 9.17) is 0 Å². The number of rotatable bonds is 5. The van der Waals surface area contributed by atoms with Crippen molar-refractivity contribution in [3.05, 3.63) is 0 Å². The van der Waals surface area contributed by atoms with E-state index in [1.165, 1.54) is 19.5 Å². The molecule has 0 radical (unpaired) electrons. The van der Waals surface area contributed by atoms with E-state index in [1.54, 1.807) is 0 Å². The second kappa shape index (κ2) is 4.89. The summed E-state index contributed by atoms with van der Waals surface area (Å²) >= 11 is 0. The molecule has 3 nitrogen and oxygen atoms in total. The van der Waals surface area contributed by atoms with Gasteiger partial charge in [-0.25, -0.2) is 0 Å². The Balaban J connectivity index is 2.35. The molecule has 1 fully saturated rings. The van der Waals surface area contributed by atoms with E-state index in [2.05, 4.69) is 31.1 Å². The maximum absolute atomic E-state index is 10.2. The Morgan fingerprint density at radius 1 is 1.57 bits per heavy atom. The van der Waals surface area contributed by atoms with Crippen LogP contribution < -0.4 is 5.32 Å².